The molecule has 1 N–H and O–H groups in total. The van der Waals surface area contributed by atoms with Crippen molar-refractivity contribution in [2.24, 2.45) is 0 Å². The van der Waals surface area contributed by atoms with Gasteiger partial charge in [0.25, 0.3) is 0 Å². The molecule has 6 nitrogen and oxygen atoms in total. The number of benzene rings is 2. The van der Waals surface area contributed by atoms with Crippen molar-refractivity contribution in [2.75, 3.05) is 5.32 Å². The fourth-order valence-corrected chi connectivity index (χ4v) is 2.56. The van der Waals surface area contributed by atoms with Gasteiger partial charge in [-0.3, -0.25) is 4.79 Å². The van der Waals surface area contributed by atoms with Crippen LogP contribution >= 0.6 is 0 Å². The minimum absolute atomic E-state index is 0.0205. The largest absolute Gasteiger partial charge is 0.324 e. The van der Waals surface area contributed by atoms with Crippen LogP contribution in [0.2, 0.25) is 0 Å². The normalized spacial score (nSPS) is 10.6. The first-order chi connectivity index (χ1) is 11.5. The lowest BCUT2D eigenvalue weighted by molar-refractivity contribution is -0.117. The van der Waals surface area contributed by atoms with E-state index in [0.717, 1.165) is 27.9 Å². The summed E-state index contributed by atoms with van der Waals surface area (Å²) in [7, 11) is 0. The SMILES string of the molecule is Cc1ccccc1-c1nnn(CC(=O)Nc2c(C)cccc2C)n1. The quantitative estimate of drug-likeness (QED) is 0.802. The van der Waals surface area contributed by atoms with Crippen LogP contribution in [0.4, 0.5) is 5.69 Å². The van der Waals surface area contributed by atoms with Gasteiger partial charge >= 0.3 is 0 Å². The van der Waals surface area contributed by atoms with E-state index in [1.807, 2.05) is 63.2 Å². The highest BCUT2D eigenvalue weighted by molar-refractivity contribution is 5.92. The molecule has 0 radical (unpaired) electrons. The molecule has 0 saturated carbocycles. The summed E-state index contributed by atoms with van der Waals surface area (Å²) >= 11 is 0. The molecule has 0 saturated heterocycles. The summed E-state index contributed by atoms with van der Waals surface area (Å²) in [6, 6.07) is 13.7. The molecule has 0 aliphatic rings. The Balaban J connectivity index is 1.73. The molecule has 2 aromatic carbocycles. The van der Waals surface area contributed by atoms with Crippen molar-refractivity contribution in [3.8, 4) is 11.4 Å². The van der Waals surface area contributed by atoms with Gasteiger partial charge in [-0.15, -0.1) is 10.2 Å². The van der Waals surface area contributed by atoms with Crippen molar-refractivity contribution >= 4 is 11.6 Å². The van der Waals surface area contributed by atoms with Crippen molar-refractivity contribution in [2.45, 2.75) is 27.3 Å². The van der Waals surface area contributed by atoms with Gasteiger partial charge in [0.2, 0.25) is 11.7 Å². The minimum atomic E-state index is -0.180. The average Bonchev–Trinajstić information content (AvgIpc) is 3.00. The second-order valence-electron chi connectivity index (χ2n) is 5.77. The van der Waals surface area contributed by atoms with Crippen LogP contribution in [0.15, 0.2) is 42.5 Å². The van der Waals surface area contributed by atoms with Gasteiger partial charge in [-0.05, 0) is 42.7 Å². The number of nitrogens with zero attached hydrogens (tertiary/aromatic N) is 4. The molecule has 1 amide bonds. The highest BCUT2D eigenvalue weighted by Gasteiger charge is 2.12. The Morgan fingerprint density at radius 2 is 1.67 bits per heavy atom. The van der Waals surface area contributed by atoms with E-state index in [-0.39, 0.29) is 12.5 Å². The fraction of sp³-hybridized carbons (Fsp3) is 0.222. The minimum Gasteiger partial charge on any atom is -0.324 e. The topological polar surface area (TPSA) is 72.7 Å². The number of aromatic nitrogens is 4. The van der Waals surface area contributed by atoms with Gasteiger partial charge in [0.05, 0.1) is 0 Å². The number of tetrazole rings is 1. The lowest BCUT2D eigenvalue weighted by Crippen LogP contribution is -2.21. The molecule has 0 fully saturated rings. The van der Waals surface area contributed by atoms with Gasteiger partial charge in [0.15, 0.2) is 0 Å². The Kier molecular flexibility index (Phi) is 4.37. The Morgan fingerprint density at radius 3 is 2.38 bits per heavy atom. The molecule has 3 aromatic rings. The molecule has 0 unspecified atom stereocenters. The van der Waals surface area contributed by atoms with Crippen molar-refractivity contribution in [1.29, 1.82) is 0 Å². The third kappa shape index (κ3) is 3.32. The summed E-state index contributed by atoms with van der Waals surface area (Å²) in [5.41, 5.74) is 4.86. The molecule has 24 heavy (non-hydrogen) atoms. The number of anilines is 1. The van der Waals surface area contributed by atoms with Gasteiger partial charge in [0, 0.05) is 11.3 Å². The standard InChI is InChI=1S/C18H19N5O/c1-12-7-4-5-10-15(12)18-20-22-23(21-18)11-16(24)19-17-13(2)8-6-9-14(17)3/h4-10H,11H2,1-3H3,(H,19,24). The molecule has 3 rings (SSSR count). The number of rotatable bonds is 4. The number of amides is 1. The van der Waals surface area contributed by atoms with Crippen LogP contribution in [0.5, 0.6) is 0 Å². The fourth-order valence-electron chi connectivity index (χ4n) is 2.56. The van der Waals surface area contributed by atoms with E-state index in [2.05, 4.69) is 20.7 Å². The number of para-hydroxylation sites is 1. The van der Waals surface area contributed by atoms with Crippen molar-refractivity contribution in [1.82, 2.24) is 20.2 Å². The number of hydrogen-bond donors (Lipinski definition) is 1. The van der Waals surface area contributed by atoms with Crippen molar-refractivity contribution in [3.05, 3.63) is 59.2 Å². The Morgan fingerprint density at radius 1 is 1.00 bits per heavy atom. The number of nitrogens with one attached hydrogen (secondary N) is 1. The van der Waals surface area contributed by atoms with Crippen LogP contribution in [0.1, 0.15) is 16.7 Å². The summed E-state index contributed by atoms with van der Waals surface area (Å²) in [6.45, 7) is 5.94. The molecule has 0 aliphatic heterocycles. The number of aryl methyl sites for hydroxylation is 3. The maximum Gasteiger partial charge on any atom is 0.248 e. The first-order valence-corrected chi connectivity index (χ1v) is 7.74. The zero-order chi connectivity index (χ0) is 17.1. The van der Waals surface area contributed by atoms with Crippen LogP contribution in [0.25, 0.3) is 11.4 Å². The van der Waals surface area contributed by atoms with E-state index < -0.39 is 0 Å². The number of hydrogen-bond acceptors (Lipinski definition) is 4. The molecule has 0 bridgehead atoms. The summed E-state index contributed by atoms with van der Waals surface area (Å²) in [5, 5.41) is 15.2. The first-order valence-electron chi connectivity index (χ1n) is 7.74. The monoisotopic (exact) mass is 321 g/mol. The van der Waals surface area contributed by atoms with Gasteiger partial charge < -0.3 is 5.32 Å². The number of carbonyl (C=O) groups excluding carboxylic acids is 1. The second-order valence-corrected chi connectivity index (χ2v) is 5.77. The van der Waals surface area contributed by atoms with E-state index in [9.17, 15) is 4.79 Å². The maximum absolute atomic E-state index is 12.3. The van der Waals surface area contributed by atoms with Crippen LogP contribution < -0.4 is 5.32 Å². The Hall–Kier alpha value is -3.02. The molecule has 0 spiro atoms. The van der Waals surface area contributed by atoms with Crippen LogP contribution in [-0.2, 0) is 11.3 Å². The van der Waals surface area contributed by atoms with Gasteiger partial charge in [-0.25, -0.2) is 0 Å². The Bertz CT molecular complexity index is 864. The molecule has 1 aromatic heterocycles. The maximum atomic E-state index is 12.3. The summed E-state index contributed by atoms with van der Waals surface area (Å²) in [6.07, 6.45) is 0. The van der Waals surface area contributed by atoms with Gasteiger partial charge in [0.1, 0.15) is 6.54 Å². The molecule has 6 heteroatoms. The Labute approximate surface area is 140 Å². The van der Waals surface area contributed by atoms with Crippen molar-refractivity contribution < 1.29 is 4.79 Å². The van der Waals surface area contributed by atoms with Crippen molar-refractivity contribution in [3.63, 3.8) is 0 Å². The summed E-state index contributed by atoms with van der Waals surface area (Å²) in [4.78, 5) is 13.6. The van der Waals surface area contributed by atoms with Crippen LogP contribution in [0, 0.1) is 20.8 Å². The van der Waals surface area contributed by atoms with E-state index in [0.29, 0.717) is 5.82 Å². The molecule has 1 heterocycles. The zero-order valence-electron chi connectivity index (χ0n) is 13.9. The molecular formula is C18H19N5O. The first kappa shape index (κ1) is 15.9. The van der Waals surface area contributed by atoms with Gasteiger partial charge in [-0.2, -0.15) is 4.80 Å². The summed E-state index contributed by atoms with van der Waals surface area (Å²) < 4.78 is 0. The predicted molar refractivity (Wildman–Crippen MR) is 92.5 cm³/mol. The van der Waals surface area contributed by atoms with E-state index in [1.165, 1.54) is 4.80 Å². The zero-order valence-corrected chi connectivity index (χ0v) is 13.9. The lowest BCUT2D eigenvalue weighted by atomic mass is 10.1. The van der Waals surface area contributed by atoms with Crippen LogP contribution in [-0.4, -0.2) is 26.1 Å². The average molecular weight is 321 g/mol. The highest BCUT2D eigenvalue weighted by Crippen LogP contribution is 2.20. The van der Waals surface area contributed by atoms with Gasteiger partial charge in [-0.1, -0.05) is 42.5 Å². The van der Waals surface area contributed by atoms with E-state index in [4.69, 9.17) is 0 Å². The highest BCUT2D eigenvalue weighted by atomic mass is 16.2. The smallest absolute Gasteiger partial charge is 0.248 e. The summed E-state index contributed by atoms with van der Waals surface area (Å²) in [5.74, 6) is 0.342. The third-order valence-corrected chi connectivity index (χ3v) is 3.87. The molecular weight excluding hydrogens is 302 g/mol. The molecule has 0 aliphatic carbocycles. The second kappa shape index (κ2) is 6.62. The predicted octanol–water partition coefficient (Wildman–Crippen LogP) is 2.90. The van der Waals surface area contributed by atoms with Crippen LogP contribution in [0.3, 0.4) is 0 Å². The van der Waals surface area contributed by atoms with E-state index in [1.54, 1.807) is 0 Å². The third-order valence-electron chi connectivity index (χ3n) is 3.87. The molecule has 0 atom stereocenters. The molecule has 122 valence electrons. The lowest BCUT2D eigenvalue weighted by Gasteiger charge is -2.10. The number of carbonyl (C=O) groups is 1. The van der Waals surface area contributed by atoms with E-state index >= 15 is 0 Å².